The van der Waals surface area contributed by atoms with Crippen molar-refractivity contribution >= 4 is 5.91 Å². The summed E-state index contributed by atoms with van der Waals surface area (Å²) in [6.45, 7) is 9.37. The Kier molecular flexibility index (Phi) is 3.53. The molecule has 1 aliphatic rings. The third-order valence-electron chi connectivity index (χ3n) is 3.27. The fourth-order valence-corrected chi connectivity index (χ4v) is 1.46. The molecule has 1 rings (SSSR count). The van der Waals surface area contributed by atoms with Gasteiger partial charge in [-0.25, -0.2) is 0 Å². The van der Waals surface area contributed by atoms with Crippen LogP contribution in [0.2, 0.25) is 0 Å². The SMILES string of the molecule is CC(C)C(C)(C)NC(=O)[C@@H]1CCCN1. The van der Waals surface area contributed by atoms with Gasteiger partial charge in [0, 0.05) is 5.54 Å². The second kappa shape index (κ2) is 4.30. The van der Waals surface area contributed by atoms with Crippen molar-refractivity contribution in [2.24, 2.45) is 5.92 Å². The van der Waals surface area contributed by atoms with E-state index in [-0.39, 0.29) is 17.5 Å². The molecule has 0 saturated carbocycles. The summed E-state index contributed by atoms with van der Waals surface area (Å²) in [6, 6.07) is 0.0352. The molecule has 82 valence electrons. The Morgan fingerprint density at radius 1 is 1.50 bits per heavy atom. The number of amides is 1. The molecule has 0 spiro atoms. The van der Waals surface area contributed by atoms with E-state index in [9.17, 15) is 4.79 Å². The van der Waals surface area contributed by atoms with Crippen LogP contribution < -0.4 is 10.6 Å². The minimum Gasteiger partial charge on any atom is -0.350 e. The Bertz CT molecular complexity index is 205. The van der Waals surface area contributed by atoms with E-state index >= 15 is 0 Å². The van der Waals surface area contributed by atoms with E-state index < -0.39 is 0 Å². The number of nitrogens with one attached hydrogen (secondary N) is 2. The maximum atomic E-state index is 11.8. The van der Waals surface area contributed by atoms with Crippen LogP contribution in [0, 0.1) is 5.92 Å². The summed E-state index contributed by atoms with van der Waals surface area (Å²) in [4.78, 5) is 11.8. The van der Waals surface area contributed by atoms with Gasteiger partial charge in [-0.05, 0) is 39.2 Å². The van der Waals surface area contributed by atoms with Gasteiger partial charge in [0.05, 0.1) is 6.04 Å². The minimum atomic E-state index is -0.110. The molecule has 1 amide bonds. The highest BCUT2D eigenvalue weighted by Crippen LogP contribution is 2.16. The average molecular weight is 198 g/mol. The highest BCUT2D eigenvalue weighted by molar-refractivity contribution is 5.82. The van der Waals surface area contributed by atoms with Crippen LogP contribution in [0.5, 0.6) is 0 Å². The first-order valence-electron chi connectivity index (χ1n) is 5.49. The molecule has 0 radical (unpaired) electrons. The van der Waals surface area contributed by atoms with Gasteiger partial charge in [-0.3, -0.25) is 4.79 Å². The zero-order valence-electron chi connectivity index (χ0n) is 9.68. The van der Waals surface area contributed by atoms with Crippen molar-refractivity contribution in [3.05, 3.63) is 0 Å². The summed E-state index contributed by atoms with van der Waals surface area (Å²) in [5.74, 6) is 0.606. The van der Waals surface area contributed by atoms with Gasteiger partial charge in [-0.1, -0.05) is 13.8 Å². The van der Waals surface area contributed by atoms with Crippen molar-refractivity contribution in [2.75, 3.05) is 6.54 Å². The van der Waals surface area contributed by atoms with E-state index in [2.05, 4.69) is 38.3 Å². The quantitative estimate of drug-likeness (QED) is 0.717. The second-order valence-corrected chi connectivity index (χ2v) is 5.01. The first-order chi connectivity index (χ1) is 6.43. The second-order valence-electron chi connectivity index (χ2n) is 5.01. The predicted molar refractivity (Wildman–Crippen MR) is 58.1 cm³/mol. The van der Waals surface area contributed by atoms with Gasteiger partial charge in [0.1, 0.15) is 0 Å². The Morgan fingerprint density at radius 2 is 2.14 bits per heavy atom. The molecule has 1 aliphatic heterocycles. The van der Waals surface area contributed by atoms with E-state index in [1.807, 2.05) is 0 Å². The van der Waals surface area contributed by atoms with Gasteiger partial charge >= 0.3 is 0 Å². The highest BCUT2D eigenvalue weighted by atomic mass is 16.2. The van der Waals surface area contributed by atoms with Crippen molar-refractivity contribution in [1.29, 1.82) is 0 Å². The molecule has 2 N–H and O–H groups in total. The number of hydrogen-bond donors (Lipinski definition) is 2. The van der Waals surface area contributed by atoms with Crippen molar-refractivity contribution in [1.82, 2.24) is 10.6 Å². The molecule has 0 aromatic rings. The van der Waals surface area contributed by atoms with E-state index in [1.165, 1.54) is 0 Å². The molecular weight excluding hydrogens is 176 g/mol. The van der Waals surface area contributed by atoms with Crippen LogP contribution in [-0.2, 0) is 4.79 Å². The number of hydrogen-bond acceptors (Lipinski definition) is 2. The smallest absolute Gasteiger partial charge is 0.237 e. The summed E-state index contributed by atoms with van der Waals surface area (Å²) in [5.41, 5.74) is -0.110. The monoisotopic (exact) mass is 198 g/mol. The van der Waals surface area contributed by atoms with E-state index in [1.54, 1.807) is 0 Å². The maximum Gasteiger partial charge on any atom is 0.237 e. The Balaban J connectivity index is 2.46. The van der Waals surface area contributed by atoms with Crippen LogP contribution in [0.25, 0.3) is 0 Å². The molecule has 0 aromatic heterocycles. The van der Waals surface area contributed by atoms with Crippen LogP contribution in [0.3, 0.4) is 0 Å². The van der Waals surface area contributed by atoms with Crippen molar-refractivity contribution < 1.29 is 4.79 Å². The van der Waals surface area contributed by atoms with Crippen molar-refractivity contribution in [3.8, 4) is 0 Å². The number of rotatable bonds is 3. The number of carbonyl (C=O) groups excluding carboxylic acids is 1. The zero-order chi connectivity index (χ0) is 10.8. The summed E-state index contributed by atoms with van der Waals surface area (Å²) in [7, 11) is 0. The molecule has 3 heteroatoms. The molecule has 0 aliphatic carbocycles. The van der Waals surface area contributed by atoms with Crippen LogP contribution in [0.1, 0.15) is 40.5 Å². The van der Waals surface area contributed by atoms with E-state index in [4.69, 9.17) is 0 Å². The van der Waals surface area contributed by atoms with Gasteiger partial charge in [-0.15, -0.1) is 0 Å². The van der Waals surface area contributed by atoms with E-state index in [0.29, 0.717) is 5.92 Å². The van der Waals surface area contributed by atoms with Crippen LogP contribution in [0.15, 0.2) is 0 Å². The van der Waals surface area contributed by atoms with Gasteiger partial charge in [0.2, 0.25) is 5.91 Å². The molecular formula is C11H22N2O. The third kappa shape index (κ3) is 2.71. The van der Waals surface area contributed by atoms with Crippen molar-refractivity contribution in [2.45, 2.75) is 52.1 Å². The maximum absolute atomic E-state index is 11.8. The molecule has 14 heavy (non-hydrogen) atoms. The molecule has 0 bridgehead atoms. The predicted octanol–water partition coefficient (Wildman–Crippen LogP) is 1.29. The topological polar surface area (TPSA) is 41.1 Å². The van der Waals surface area contributed by atoms with Gasteiger partial charge < -0.3 is 10.6 Å². The Morgan fingerprint density at radius 3 is 2.57 bits per heavy atom. The third-order valence-corrected chi connectivity index (χ3v) is 3.27. The van der Waals surface area contributed by atoms with Gasteiger partial charge in [0.25, 0.3) is 0 Å². The molecule has 0 aromatic carbocycles. The lowest BCUT2D eigenvalue weighted by molar-refractivity contribution is -0.124. The zero-order valence-corrected chi connectivity index (χ0v) is 9.68. The summed E-state index contributed by atoms with van der Waals surface area (Å²) >= 11 is 0. The average Bonchev–Trinajstić information content (AvgIpc) is 2.54. The number of carbonyl (C=O) groups is 1. The van der Waals surface area contributed by atoms with Gasteiger partial charge in [-0.2, -0.15) is 0 Å². The lowest BCUT2D eigenvalue weighted by atomic mass is 9.90. The van der Waals surface area contributed by atoms with Crippen molar-refractivity contribution in [3.63, 3.8) is 0 Å². The Hall–Kier alpha value is -0.570. The molecule has 1 atom stereocenters. The first kappa shape index (κ1) is 11.5. The normalized spacial score (nSPS) is 22.8. The standard InChI is InChI=1S/C11H22N2O/c1-8(2)11(3,4)13-10(14)9-6-5-7-12-9/h8-9,12H,5-7H2,1-4H3,(H,13,14)/t9-/m0/s1. The van der Waals surface area contributed by atoms with E-state index in [0.717, 1.165) is 19.4 Å². The summed E-state index contributed by atoms with van der Waals surface area (Å²) in [5, 5.41) is 6.30. The van der Waals surface area contributed by atoms with Crippen LogP contribution in [-0.4, -0.2) is 24.0 Å². The lowest BCUT2D eigenvalue weighted by Gasteiger charge is -2.31. The van der Waals surface area contributed by atoms with Crippen LogP contribution >= 0.6 is 0 Å². The van der Waals surface area contributed by atoms with Crippen LogP contribution in [0.4, 0.5) is 0 Å². The fourth-order valence-electron chi connectivity index (χ4n) is 1.46. The first-order valence-corrected chi connectivity index (χ1v) is 5.49. The fraction of sp³-hybridized carbons (Fsp3) is 0.909. The molecule has 1 heterocycles. The highest BCUT2D eigenvalue weighted by Gasteiger charge is 2.29. The molecule has 1 saturated heterocycles. The van der Waals surface area contributed by atoms with Gasteiger partial charge in [0.15, 0.2) is 0 Å². The summed E-state index contributed by atoms with van der Waals surface area (Å²) in [6.07, 6.45) is 2.08. The molecule has 1 fully saturated rings. The largest absolute Gasteiger partial charge is 0.350 e. The summed E-state index contributed by atoms with van der Waals surface area (Å²) < 4.78 is 0. The molecule has 3 nitrogen and oxygen atoms in total. The lowest BCUT2D eigenvalue weighted by Crippen LogP contribution is -2.52. The Labute approximate surface area is 86.6 Å². The molecule has 0 unspecified atom stereocenters. The minimum absolute atomic E-state index is 0.0352.